The highest BCUT2D eigenvalue weighted by Crippen LogP contribution is 2.35. The van der Waals surface area contributed by atoms with Gasteiger partial charge in [-0.15, -0.1) is 0 Å². The first-order chi connectivity index (χ1) is 11.6. The van der Waals surface area contributed by atoms with Crippen molar-refractivity contribution in [3.05, 3.63) is 29.8 Å². The molecule has 0 aromatic heterocycles. The maximum atomic E-state index is 12.5. The summed E-state index contributed by atoms with van der Waals surface area (Å²) in [5.74, 6) is 1.03. The molecule has 1 aromatic carbocycles. The van der Waals surface area contributed by atoms with Crippen LogP contribution in [0.1, 0.15) is 37.7 Å². The van der Waals surface area contributed by atoms with E-state index in [1.165, 1.54) is 0 Å². The summed E-state index contributed by atoms with van der Waals surface area (Å²) in [5.41, 5.74) is 0.859. The Bertz CT molecular complexity index is 566. The van der Waals surface area contributed by atoms with E-state index in [0.29, 0.717) is 25.9 Å². The number of hydrogen-bond donors (Lipinski definition) is 1. The Kier molecular flexibility index (Phi) is 5.41. The lowest BCUT2D eigenvalue weighted by Crippen LogP contribution is -2.51. The molecule has 0 aliphatic carbocycles. The van der Waals surface area contributed by atoms with Crippen LogP contribution in [0.15, 0.2) is 24.3 Å². The number of likely N-dealkylation sites (tertiary alicyclic amines) is 1. The van der Waals surface area contributed by atoms with Crippen molar-refractivity contribution in [3.63, 3.8) is 0 Å². The minimum absolute atomic E-state index is 0.187. The standard InChI is InChI=1S/C19H27NO4/c1-23-17-5-3-2-4-15(17)6-7-18(22)20-11-9-19(10-12-20)14-16(21)8-13-24-19/h2-5,16,21H,6-14H2,1H3. The van der Waals surface area contributed by atoms with Gasteiger partial charge in [0.25, 0.3) is 0 Å². The van der Waals surface area contributed by atoms with Gasteiger partial charge in [-0.3, -0.25) is 4.79 Å². The smallest absolute Gasteiger partial charge is 0.222 e. The summed E-state index contributed by atoms with van der Waals surface area (Å²) in [5, 5.41) is 9.89. The average Bonchev–Trinajstić information content (AvgIpc) is 2.60. The van der Waals surface area contributed by atoms with E-state index in [9.17, 15) is 9.90 Å². The Labute approximate surface area is 143 Å². The topological polar surface area (TPSA) is 59.0 Å². The number of amides is 1. The molecule has 5 heteroatoms. The van der Waals surface area contributed by atoms with E-state index in [0.717, 1.165) is 43.7 Å². The van der Waals surface area contributed by atoms with Crippen molar-refractivity contribution in [2.75, 3.05) is 26.8 Å². The van der Waals surface area contributed by atoms with Gasteiger partial charge in [0.15, 0.2) is 0 Å². The number of ether oxygens (including phenoxy) is 2. The SMILES string of the molecule is COc1ccccc1CCC(=O)N1CCC2(CC1)CC(O)CCO2. The lowest BCUT2D eigenvalue weighted by molar-refractivity contribution is -0.153. The Morgan fingerprint density at radius 2 is 2.12 bits per heavy atom. The predicted molar refractivity (Wildman–Crippen MR) is 91.1 cm³/mol. The lowest BCUT2D eigenvalue weighted by Gasteiger charge is -2.45. The molecule has 2 aliphatic rings. The lowest BCUT2D eigenvalue weighted by atomic mass is 9.83. The number of piperidine rings is 1. The van der Waals surface area contributed by atoms with Crippen molar-refractivity contribution >= 4 is 5.91 Å². The highest BCUT2D eigenvalue weighted by atomic mass is 16.5. The number of methoxy groups -OCH3 is 1. The molecule has 0 saturated carbocycles. The molecule has 1 aromatic rings. The van der Waals surface area contributed by atoms with Crippen LogP contribution in [0.5, 0.6) is 5.75 Å². The van der Waals surface area contributed by atoms with Crippen molar-refractivity contribution < 1.29 is 19.4 Å². The van der Waals surface area contributed by atoms with E-state index in [4.69, 9.17) is 9.47 Å². The summed E-state index contributed by atoms with van der Waals surface area (Å²) in [6.45, 7) is 2.07. The zero-order valence-corrected chi connectivity index (χ0v) is 14.4. The largest absolute Gasteiger partial charge is 0.496 e. The normalized spacial score (nSPS) is 23.2. The van der Waals surface area contributed by atoms with E-state index in [1.807, 2.05) is 29.2 Å². The molecular formula is C19H27NO4. The fraction of sp³-hybridized carbons (Fsp3) is 0.632. The summed E-state index contributed by atoms with van der Waals surface area (Å²) in [4.78, 5) is 14.4. The Hall–Kier alpha value is -1.59. The number of rotatable bonds is 4. The van der Waals surface area contributed by atoms with Crippen LogP contribution in [-0.2, 0) is 16.0 Å². The molecule has 1 amide bonds. The fourth-order valence-corrected chi connectivity index (χ4v) is 3.82. The maximum Gasteiger partial charge on any atom is 0.222 e. The minimum atomic E-state index is -0.258. The second-order valence-corrected chi connectivity index (χ2v) is 6.87. The molecule has 1 atom stereocenters. The Morgan fingerprint density at radius 1 is 1.38 bits per heavy atom. The first-order valence-electron chi connectivity index (χ1n) is 8.84. The quantitative estimate of drug-likeness (QED) is 0.917. The van der Waals surface area contributed by atoms with Gasteiger partial charge < -0.3 is 19.5 Å². The zero-order chi connectivity index (χ0) is 17.0. The molecule has 0 radical (unpaired) electrons. The molecule has 132 valence electrons. The van der Waals surface area contributed by atoms with Crippen LogP contribution in [0, 0.1) is 0 Å². The van der Waals surface area contributed by atoms with E-state index in [1.54, 1.807) is 7.11 Å². The van der Waals surface area contributed by atoms with Gasteiger partial charge in [-0.25, -0.2) is 0 Å². The zero-order valence-electron chi connectivity index (χ0n) is 14.4. The Morgan fingerprint density at radius 3 is 2.83 bits per heavy atom. The predicted octanol–water partition coefficient (Wildman–Crippen LogP) is 2.16. The van der Waals surface area contributed by atoms with Gasteiger partial charge in [0, 0.05) is 32.5 Å². The van der Waals surface area contributed by atoms with Crippen LogP contribution in [0.2, 0.25) is 0 Å². The summed E-state index contributed by atoms with van der Waals surface area (Å²) in [7, 11) is 1.66. The first kappa shape index (κ1) is 17.2. The molecule has 1 spiro atoms. The second-order valence-electron chi connectivity index (χ2n) is 6.87. The average molecular weight is 333 g/mol. The van der Waals surface area contributed by atoms with Crippen molar-refractivity contribution in [2.45, 2.75) is 50.2 Å². The van der Waals surface area contributed by atoms with Gasteiger partial charge in [0.05, 0.1) is 18.8 Å². The van der Waals surface area contributed by atoms with Gasteiger partial charge in [-0.05, 0) is 37.3 Å². The van der Waals surface area contributed by atoms with Crippen molar-refractivity contribution in [2.24, 2.45) is 0 Å². The molecular weight excluding hydrogens is 306 g/mol. The molecule has 2 heterocycles. The van der Waals surface area contributed by atoms with Gasteiger partial charge in [0.1, 0.15) is 5.75 Å². The number of benzene rings is 1. The van der Waals surface area contributed by atoms with Gasteiger partial charge >= 0.3 is 0 Å². The molecule has 2 fully saturated rings. The van der Waals surface area contributed by atoms with E-state index in [2.05, 4.69) is 0 Å². The van der Waals surface area contributed by atoms with Crippen LogP contribution < -0.4 is 4.74 Å². The molecule has 24 heavy (non-hydrogen) atoms. The van der Waals surface area contributed by atoms with Crippen LogP contribution in [0.25, 0.3) is 0 Å². The third-order valence-corrected chi connectivity index (χ3v) is 5.30. The number of hydrogen-bond acceptors (Lipinski definition) is 4. The van der Waals surface area contributed by atoms with Crippen LogP contribution >= 0.6 is 0 Å². The van der Waals surface area contributed by atoms with Crippen LogP contribution in [0.4, 0.5) is 0 Å². The molecule has 2 aliphatic heterocycles. The summed E-state index contributed by atoms with van der Waals surface area (Å²) in [6, 6.07) is 7.84. The number of carbonyl (C=O) groups excluding carboxylic acids is 1. The number of aryl methyl sites for hydroxylation is 1. The molecule has 3 rings (SSSR count). The van der Waals surface area contributed by atoms with E-state index >= 15 is 0 Å². The molecule has 2 saturated heterocycles. The van der Waals surface area contributed by atoms with Gasteiger partial charge in [0.2, 0.25) is 5.91 Å². The van der Waals surface area contributed by atoms with Crippen molar-refractivity contribution in [1.29, 1.82) is 0 Å². The Balaban J connectivity index is 1.50. The van der Waals surface area contributed by atoms with E-state index in [-0.39, 0.29) is 17.6 Å². The summed E-state index contributed by atoms with van der Waals surface area (Å²) in [6.07, 6.45) is 4.01. The van der Waals surface area contributed by atoms with Crippen molar-refractivity contribution in [3.8, 4) is 5.75 Å². The number of aliphatic hydroxyl groups excluding tert-OH is 1. The second kappa shape index (κ2) is 7.53. The number of aliphatic hydroxyl groups is 1. The number of para-hydroxylation sites is 1. The highest BCUT2D eigenvalue weighted by Gasteiger charge is 2.40. The van der Waals surface area contributed by atoms with Gasteiger partial charge in [-0.1, -0.05) is 18.2 Å². The summed E-state index contributed by atoms with van der Waals surface area (Å²) < 4.78 is 11.3. The van der Waals surface area contributed by atoms with Gasteiger partial charge in [-0.2, -0.15) is 0 Å². The molecule has 1 unspecified atom stereocenters. The number of carbonyl (C=O) groups is 1. The third kappa shape index (κ3) is 3.90. The number of nitrogens with zero attached hydrogens (tertiary/aromatic N) is 1. The molecule has 0 bridgehead atoms. The molecule has 1 N–H and O–H groups in total. The molecule has 5 nitrogen and oxygen atoms in total. The fourth-order valence-electron chi connectivity index (χ4n) is 3.82. The first-order valence-corrected chi connectivity index (χ1v) is 8.84. The monoisotopic (exact) mass is 333 g/mol. The van der Waals surface area contributed by atoms with Crippen molar-refractivity contribution in [1.82, 2.24) is 4.90 Å². The van der Waals surface area contributed by atoms with E-state index < -0.39 is 0 Å². The third-order valence-electron chi connectivity index (χ3n) is 5.30. The minimum Gasteiger partial charge on any atom is -0.496 e. The van der Waals surface area contributed by atoms with Crippen LogP contribution in [0.3, 0.4) is 0 Å². The van der Waals surface area contributed by atoms with Crippen LogP contribution in [-0.4, -0.2) is 54.4 Å². The maximum absolute atomic E-state index is 12.5. The summed E-state index contributed by atoms with van der Waals surface area (Å²) >= 11 is 0. The highest BCUT2D eigenvalue weighted by molar-refractivity contribution is 5.76.